The lowest BCUT2D eigenvalue weighted by atomic mass is 9.70. The van der Waals surface area contributed by atoms with Gasteiger partial charge in [-0.25, -0.2) is 5.11 Å². The highest BCUT2D eigenvalue weighted by Crippen LogP contribution is 2.37. The Balaban J connectivity index is 1.84. The smallest absolute Gasteiger partial charge is 0.0834 e. The van der Waals surface area contributed by atoms with Crippen LogP contribution >= 0.6 is 0 Å². The van der Waals surface area contributed by atoms with Crippen LogP contribution in [0.4, 0.5) is 0 Å². The molecule has 1 radical (unpaired) electrons. The largest absolute Gasteiger partial charge is 0.314 e. The van der Waals surface area contributed by atoms with Crippen LogP contribution in [0.3, 0.4) is 0 Å². The van der Waals surface area contributed by atoms with E-state index in [1.165, 1.54) is 32.1 Å². The molecule has 0 aliphatic heterocycles. The summed E-state index contributed by atoms with van der Waals surface area (Å²) in [4.78, 5) is 0. The molecule has 2 aliphatic rings. The van der Waals surface area contributed by atoms with Crippen molar-refractivity contribution < 1.29 is 5.11 Å². The summed E-state index contributed by atoms with van der Waals surface area (Å²) in [6.45, 7) is 0.981. The van der Waals surface area contributed by atoms with E-state index in [2.05, 4.69) is 17.5 Å². The van der Waals surface area contributed by atoms with Crippen LogP contribution in [0.15, 0.2) is 12.2 Å². The van der Waals surface area contributed by atoms with Crippen LogP contribution < -0.4 is 5.32 Å². The van der Waals surface area contributed by atoms with Crippen molar-refractivity contribution in [3.8, 4) is 0 Å². The Morgan fingerprint density at radius 1 is 1.20 bits per heavy atom. The molecule has 2 aliphatic carbocycles. The van der Waals surface area contributed by atoms with Crippen molar-refractivity contribution in [2.45, 2.75) is 44.6 Å². The normalized spacial score (nSPS) is 35.1. The molecule has 1 N–H and O–H groups in total. The molecule has 3 unspecified atom stereocenters. The Morgan fingerprint density at radius 2 is 2.07 bits per heavy atom. The highest BCUT2D eigenvalue weighted by Gasteiger charge is 2.32. The number of fused-ring (bicyclic) bond motifs is 1. The van der Waals surface area contributed by atoms with Gasteiger partial charge in [0.05, 0.1) is 6.61 Å². The molecule has 3 atom stereocenters. The number of rotatable bonds is 4. The molecule has 0 spiro atoms. The second-order valence-corrected chi connectivity index (χ2v) is 4.92. The molecule has 0 heterocycles. The van der Waals surface area contributed by atoms with Crippen molar-refractivity contribution in [3.63, 3.8) is 0 Å². The van der Waals surface area contributed by atoms with Gasteiger partial charge in [-0.3, -0.25) is 0 Å². The average Bonchev–Trinajstić information content (AvgIpc) is 2.30. The van der Waals surface area contributed by atoms with Crippen LogP contribution in [0, 0.1) is 11.8 Å². The molecule has 0 aromatic heterocycles. The van der Waals surface area contributed by atoms with Gasteiger partial charge in [0.15, 0.2) is 0 Å². The third-order valence-corrected chi connectivity index (χ3v) is 3.95. The molecule has 0 amide bonds. The van der Waals surface area contributed by atoms with Gasteiger partial charge in [-0.2, -0.15) is 0 Å². The Morgan fingerprint density at radius 3 is 2.93 bits per heavy atom. The maximum atomic E-state index is 10.4. The number of hydrogen-bond acceptors (Lipinski definition) is 1. The van der Waals surface area contributed by atoms with E-state index in [1.807, 2.05) is 0 Å². The van der Waals surface area contributed by atoms with Gasteiger partial charge < -0.3 is 5.32 Å². The summed E-state index contributed by atoms with van der Waals surface area (Å²) in [7, 11) is 0. The van der Waals surface area contributed by atoms with Gasteiger partial charge in [0, 0.05) is 6.04 Å². The summed E-state index contributed by atoms with van der Waals surface area (Å²) >= 11 is 0. The van der Waals surface area contributed by atoms with Crippen molar-refractivity contribution in [3.05, 3.63) is 12.2 Å². The molecule has 85 valence electrons. The van der Waals surface area contributed by atoms with E-state index in [-0.39, 0.29) is 6.61 Å². The summed E-state index contributed by atoms with van der Waals surface area (Å²) in [5.41, 5.74) is 0. The molecular formula is C13H22NO. The fourth-order valence-corrected chi connectivity index (χ4v) is 3.14. The molecule has 15 heavy (non-hydrogen) atoms. The second-order valence-electron chi connectivity index (χ2n) is 4.92. The molecule has 0 aromatic carbocycles. The van der Waals surface area contributed by atoms with Gasteiger partial charge in [0.2, 0.25) is 0 Å². The Labute approximate surface area is 92.8 Å². The minimum atomic E-state index is 0.0632. The van der Waals surface area contributed by atoms with Crippen LogP contribution in [0.5, 0.6) is 0 Å². The maximum absolute atomic E-state index is 10.4. The molecule has 1 saturated carbocycles. The predicted molar refractivity (Wildman–Crippen MR) is 61.2 cm³/mol. The highest BCUT2D eigenvalue weighted by molar-refractivity contribution is 5.00. The van der Waals surface area contributed by atoms with Crippen molar-refractivity contribution in [1.82, 2.24) is 5.32 Å². The Bertz CT molecular complexity index is 215. The molecule has 1 fully saturated rings. The Kier molecular flexibility index (Phi) is 4.21. The van der Waals surface area contributed by atoms with Crippen LogP contribution in [0.1, 0.15) is 38.5 Å². The molecule has 2 rings (SSSR count). The Hall–Kier alpha value is -0.340. The predicted octanol–water partition coefficient (Wildman–Crippen LogP) is 2.53. The maximum Gasteiger partial charge on any atom is 0.0834 e. The van der Waals surface area contributed by atoms with Gasteiger partial charge in [0.1, 0.15) is 0 Å². The topological polar surface area (TPSA) is 31.9 Å². The zero-order valence-electron chi connectivity index (χ0n) is 9.45. The minimum Gasteiger partial charge on any atom is -0.314 e. The zero-order chi connectivity index (χ0) is 10.5. The lowest BCUT2D eigenvalue weighted by Gasteiger charge is -2.40. The first kappa shape index (κ1) is 11.2. The zero-order valence-corrected chi connectivity index (χ0v) is 9.45. The highest BCUT2D eigenvalue weighted by atomic mass is 16.3. The number of hydrogen-bond donors (Lipinski definition) is 1. The van der Waals surface area contributed by atoms with E-state index in [1.54, 1.807) is 0 Å². The molecule has 0 aromatic rings. The van der Waals surface area contributed by atoms with Gasteiger partial charge in [-0.1, -0.05) is 18.6 Å². The summed E-state index contributed by atoms with van der Waals surface area (Å²) in [5.74, 6) is 1.75. The minimum absolute atomic E-state index is 0.0632. The fourth-order valence-electron chi connectivity index (χ4n) is 3.14. The molecular weight excluding hydrogens is 186 g/mol. The van der Waals surface area contributed by atoms with Crippen molar-refractivity contribution in [2.75, 3.05) is 13.2 Å². The SMILES string of the molecule is [O]CCCNC1CCCC2CC=CCC21. The average molecular weight is 208 g/mol. The molecule has 0 bridgehead atoms. The molecule has 2 heteroatoms. The van der Waals surface area contributed by atoms with E-state index >= 15 is 0 Å². The summed E-state index contributed by atoms with van der Waals surface area (Å²) in [6.07, 6.45) is 12.1. The monoisotopic (exact) mass is 208 g/mol. The first-order chi connectivity index (χ1) is 7.42. The number of nitrogens with one attached hydrogen (secondary N) is 1. The standard InChI is InChI=1S/C13H22NO/c15-10-4-9-14-13-8-3-6-11-5-1-2-7-12(11)13/h1-2,11-14H,3-10H2. The van der Waals surface area contributed by atoms with E-state index < -0.39 is 0 Å². The third kappa shape index (κ3) is 2.82. The lowest BCUT2D eigenvalue weighted by Crippen LogP contribution is -2.43. The molecule has 0 saturated heterocycles. The van der Waals surface area contributed by atoms with Crippen LogP contribution in [0.2, 0.25) is 0 Å². The second kappa shape index (κ2) is 5.66. The summed E-state index contributed by atoms with van der Waals surface area (Å²) in [5, 5.41) is 14.0. The third-order valence-electron chi connectivity index (χ3n) is 3.95. The van der Waals surface area contributed by atoms with Gasteiger partial charge in [-0.05, 0) is 50.5 Å². The quantitative estimate of drug-likeness (QED) is 0.559. The van der Waals surface area contributed by atoms with Gasteiger partial charge in [0.25, 0.3) is 0 Å². The van der Waals surface area contributed by atoms with Crippen molar-refractivity contribution in [1.29, 1.82) is 0 Å². The van der Waals surface area contributed by atoms with Crippen LogP contribution in [-0.4, -0.2) is 19.2 Å². The first-order valence-corrected chi connectivity index (χ1v) is 6.38. The van der Waals surface area contributed by atoms with Crippen molar-refractivity contribution >= 4 is 0 Å². The summed E-state index contributed by atoms with van der Waals surface area (Å²) in [6, 6.07) is 0.681. The number of allylic oxidation sites excluding steroid dienone is 2. The fraction of sp³-hybridized carbons (Fsp3) is 0.846. The molecule has 2 nitrogen and oxygen atoms in total. The van der Waals surface area contributed by atoms with Crippen LogP contribution in [-0.2, 0) is 5.11 Å². The van der Waals surface area contributed by atoms with E-state index in [0.29, 0.717) is 6.04 Å². The van der Waals surface area contributed by atoms with Crippen LogP contribution in [0.25, 0.3) is 0 Å². The van der Waals surface area contributed by atoms with E-state index in [9.17, 15) is 5.11 Å². The van der Waals surface area contributed by atoms with E-state index in [4.69, 9.17) is 0 Å². The van der Waals surface area contributed by atoms with E-state index in [0.717, 1.165) is 24.8 Å². The van der Waals surface area contributed by atoms with Crippen molar-refractivity contribution in [2.24, 2.45) is 11.8 Å². The summed E-state index contributed by atoms with van der Waals surface area (Å²) < 4.78 is 0. The van der Waals surface area contributed by atoms with Gasteiger partial charge >= 0.3 is 0 Å². The lowest BCUT2D eigenvalue weighted by molar-refractivity contribution is 0.159. The first-order valence-electron chi connectivity index (χ1n) is 6.38. The van der Waals surface area contributed by atoms with Gasteiger partial charge in [-0.15, -0.1) is 0 Å².